The van der Waals surface area contributed by atoms with Crippen molar-refractivity contribution in [2.24, 2.45) is 0 Å². The number of anilines is 1. The van der Waals surface area contributed by atoms with Crippen molar-refractivity contribution < 1.29 is 19.1 Å². The van der Waals surface area contributed by atoms with Crippen molar-refractivity contribution in [1.29, 1.82) is 0 Å². The summed E-state index contributed by atoms with van der Waals surface area (Å²) >= 11 is 1.09. The average molecular weight is 465 g/mol. The van der Waals surface area contributed by atoms with E-state index in [0.29, 0.717) is 38.9 Å². The molecule has 1 amide bonds. The minimum Gasteiger partial charge on any atom is -0.497 e. The van der Waals surface area contributed by atoms with Crippen molar-refractivity contribution in [1.82, 2.24) is 19.7 Å². The Morgan fingerprint density at radius 1 is 1.09 bits per heavy atom. The second-order valence-electron chi connectivity index (χ2n) is 6.77. The van der Waals surface area contributed by atoms with Crippen molar-refractivity contribution in [2.45, 2.75) is 5.16 Å². The molecule has 4 aromatic rings. The van der Waals surface area contributed by atoms with Gasteiger partial charge in [-0.05, 0) is 48.5 Å². The van der Waals surface area contributed by atoms with Crippen LogP contribution in [0.2, 0.25) is 0 Å². The van der Waals surface area contributed by atoms with Gasteiger partial charge in [0, 0.05) is 5.69 Å². The summed E-state index contributed by atoms with van der Waals surface area (Å²) in [5.41, 5.74) is 1.66. The maximum absolute atomic E-state index is 12.5. The summed E-state index contributed by atoms with van der Waals surface area (Å²) in [6.07, 6.45) is 1.45. The summed E-state index contributed by atoms with van der Waals surface area (Å²) in [6, 6.07) is 13.5. The summed E-state index contributed by atoms with van der Waals surface area (Å²) in [7, 11) is 2.88. The first-order chi connectivity index (χ1) is 16.0. The summed E-state index contributed by atoms with van der Waals surface area (Å²) < 4.78 is 11.4. The van der Waals surface area contributed by atoms with Crippen LogP contribution in [0.3, 0.4) is 0 Å². The number of fused-ring (bicyclic) bond motifs is 1. The van der Waals surface area contributed by atoms with Crippen LogP contribution in [0.5, 0.6) is 5.75 Å². The first-order valence-corrected chi connectivity index (χ1v) is 10.7. The maximum atomic E-state index is 12.5. The van der Waals surface area contributed by atoms with Gasteiger partial charge >= 0.3 is 5.97 Å². The molecule has 168 valence electrons. The number of nitrogens with zero attached hydrogens (tertiary/aromatic N) is 3. The SMILES string of the molecule is COC(=O)c1ccc(NC(=O)CSc2nc3c(cnn3-c3ccc(OC)cc3)c(=O)[nH]2)cc1. The normalized spacial score (nSPS) is 10.7. The molecule has 0 saturated carbocycles. The largest absolute Gasteiger partial charge is 0.497 e. The number of aromatic nitrogens is 4. The predicted molar refractivity (Wildman–Crippen MR) is 123 cm³/mol. The van der Waals surface area contributed by atoms with Gasteiger partial charge in [0.15, 0.2) is 10.8 Å². The van der Waals surface area contributed by atoms with Crippen molar-refractivity contribution in [2.75, 3.05) is 25.3 Å². The molecule has 0 unspecified atom stereocenters. The summed E-state index contributed by atoms with van der Waals surface area (Å²) in [6.45, 7) is 0. The van der Waals surface area contributed by atoms with Gasteiger partial charge in [-0.3, -0.25) is 9.59 Å². The van der Waals surface area contributed by atoms with Crippen molar-refractivity contribution >= 4 is 40.4 Å². The highest BCUT2D eigenvalue weighted by molar-refractivity contribution is 7.99. The Morgan fingerprint density at radius 2 is 1.82 bits per heavy atom. The number of H-pyrrole nitrogens is 1. The molecule has 0 radical (unpaired) electrons. The molecule has 0 aliphatic rings. The maximum Gasteiger partial charge on any atom is 0.337 e. The zero-order valence-corrected chi connectivity index (χ0v) is 18.5. The van der Waals surface area contributed by atoms with E-state index < -0.39 is 5.97 Å². The van der Waals surface area contributed by atoms with E-state index in [4.69, 9.17) is 4.74 Å². The number of amides is 1. The van der Waals surface area contributed by atoms with Gasteiger partial charge in [0.1, 0.15) is 11.1 Å². The lowest BCUT2D eigenvalue weighted by molar-refractivity contribution is -0.113. The van der Waals surface area contributed by atoms with Gasteiger partial charge in [0.05, 0.1) is 37.4 Å². The molecule has 2 N–H and O–H groups in total. The lowest BCUT2D eigenvalue weighted by Crippen LogP contribution is -2.16. The van der Waals surface area contributed by atoms with Crippen LogP contribution in [0.4, 0.5) is 5.69 Å². The second-order valence-corrected chi connectivity index (χ2v) is 7.73. The smallest absolute Gasteiger partial charge is 0.337 e. The first kappa shape index (κ1) is 22.1. The van der Waals surface area contributed by atoms with Crippen molar-refractivity contribution in [3.63, 3.8) is 0 Å². The monoisotopic (exact) mass is 465 g/mol. The molecule has 4 rings (SSSR count). The van der Waals surface area contributed by atoms with Crippen LogP contribution in [0.1, 0.15) is 10.4 Å². The molecule has 0 spiro atoms. The number of benzene rings is 2. The van der Waals surface area contributed by atoms with Crippen LogP contribution in [-0.4, -0.2) is 51.6 Å². The summed E-state index contributed by atoms with van der Waals surface area (Å²) in [4.78, 5) is 43.4. The number of hydrogen-bond acceptors (Lipinski definition) is 8. The van der Waals surface area contributed by atoms with Gasteiger partial charge in [-0.2, -0.15) is 5.10 Å². The molecular weight excluding hydrogens is 446 g/mol. The molecule has 2 aromatic heterocycles. The van der Waals surface area contributed by atoms with E-state index in [1.54, 1.807) is 60.3 Å². The third kappa shape index (κ3) is 4.88. The fourth-order valence-electron chi connectivity index (χ4n) is 3.02. The third-order valence-electron chi connectivity index (χ3n) is 4.66. The van der Waals surface area contributed by atoms with E-state index in [0.717, 1.165) is 11.8 Å². The van der Waals surface area contributed by atoms with Crippen LogP contribution < -0.4 is 15.6 Å². The molecular formula is C22H19N5O5S. The Bertz CT molecular complexity index is 1360. The van der Waals surface area contributed by atoms with E-state index in [2.05, 4.69) is 25.1 Å². The quantitative estimate of drug-likeness (QED) is 0.242. The molecule has 0 fully saturated rings. The highest BCUT2D eigenvalue weighted by atomic mass is 32.2. The topological polar surface area (TPSA) is 128 Å². The van der Waals surface area contributed by atoms with Crippen LogP contribution in [0, 0.1) is 0 Å². The fourth-order valence-corrected chi connectivity index (χ4v) is 3.67. The van der Waals surface area contributed by atoms with Crippen molar-refractivity contribution in [3.05, 3.63) is 70.6 Å². The standard InChI is InChI=1S/C22H19N5O5S/c1-31-16-9-7-15(8-10-16)27-19-17(11-23-27)20(29)26-22(25-19)33-12-18(28)24-14-5-3-13(4-6-14)21(30)32-2/h3-11H,12H2,1-2H3,(H,24,28)(H,25,26,29). The zero-order valence-electron chi connectivity index (χ0n) is 17.7. The molecule has 0 atom stereocenters. The highest BCUT2D eigenvalue weighted by Gasteiger charge is 2.13. The zero-order chi connectivity index (χ0) is 23.4. The first-order valence-electron chi connectivity index (χ1n) is 9.72. The van der Waals surface area contributed by atoms with Gasteiger partial charge in [0.2, 0.25) is 5.91 Å². The number of nitrogens with one attached hydrogen (secondary N) is 2. The van der Waals surface area contributed by atoms with Gasteiger partial charge in [-0.25, -0.2) is 14.5 Å². The number of carbonyl (C=O) groups excluding carboxylic acids is 2. The lowest BCUT2D eigenvalue weighted by Gasteiger charge is -2.07. The molecule has 0 aliphatic heterocycles. The Morgan fingerprint density at radius 3 is 2.48 bits per heavy atom. The van der Waals surface area contributed by atoms with E-state index in [9.17, 15) is 14.4 Å². The van der Waals surface area contributed by atoms with Crippen LogP contribution in [0.15, 0.2) is 64.7 Å². The van der Waals surface area contributed by atoms with Crippen LogP contribution in [0.25, 0.3) is 16.7 Å². The molecule has 0 bridgehead atoms. The molecule has 0 aliphatic carbocycles. The van der Waals surface area contributed by atoms with Gasteiger partial charge in [-0.1, -0.05) is 11.8 Å². The number of esters is 1. The minimum absolute atomic E-state index is 0.0177. The molecule has 2 heterocycles. The van der Waals surface area contributed by atoms with Crippen LogP contribution in [-0.2, 0) is 9.53 Å². The fraction of sp³-hybridized carbons (Fsp3) is 0.136. The number of thioether (sulfide) groups is 1. The van der Waals surface area contributed by atoms with Gasteiger partial charge in [-0.15, -0.1) is 0 Å². The van der Waals surface area contributed by atoms with Gasteiger partial charge in [0.25, 0.3) is 5.56 Å². The number of hydrogen-bond donors (Lipinski definition) is 2. The molecule has 33 heavy (non-hydrogen) atoms. The number of ether oxygens (including phenoxy) is 2. The summed E-state index contributed by atoms with van der Waals surface area (Å²) in [5.74, 6) is -0.0349. The molecule has 0 saturated heterocycles. The Balaban J connectivity index is 1.47. The average Bonchev–Trinajstić information content (AvgIpc) is 3.27. The molecule has 11 heteroatoms. The molecule has 10 nitrogen and oxygen atoms in total. The number of carbonyl (C=O) groups is 2. The minimum atomic E-state index is -0.456. The number of rotatable bonds is 7. The lowest BCUT2D eigenvalue weighted by atomic mass is 10.2. The predicted octanol–water partition coefficient (Wildman–Crippen LogP) is 2.63. The Hall–Kier alpha value is -4.12. The van der Waals surface area contributed by atoms with Gasteiger partial charge < -0.3 is 19.8 Å². The van der Waals surface area contributed by atoms with Crippen LogP contribution >= 0.6 is 11.8 Å². The second kappa shape index (κ2) is 9.57. The highest BCUT2D eigenvalue weighted by Crippen LogP contribution is 2.20. The Labute approximate surface area is 191 Å². The van der Waals surface area contributed by atoms with E-state index >= 15 is 0 Å². The number of aromatic amines is 1. The Kier molecular flexibility index (Phi) is 6.41. The third-order valence-corrected chi connectivity index (χ3v) is 5.54. The van der Waals surface area contributed by atoms with E-state index in [1.165, 1.54) is 13.3 Å². The number of methoxy groups -OCH3 is 2. The van der Waals surface area contributed by atoms with Crippen molar-refractivity contribution in [3.8, 4) is 11.4 Å². The van der Waals surface area contributed by atoms with E-state index in [1.807, 2.05) is 0 Å². The summed E-state index contributed by atoms with van der Waals surface area (Å²) in [5, 5.41) is 7.63. The molecule has 2 aromatic carbocycles. The van der Waals surface area contributed by atoms with E-state index in [-0.39, 0.29) is 17.2 Å².